The number of hydrogen-bond acceptors (Lipinski definition) is 4. The molecular formula is C27H34Cl3N3O4S. The molecule has 1 aliphatic rings. The van der Waals surface area contributed by atoms with Gasteiger partial charge in [0, 0.05) is 27.7 Å². The topological polar surface area (TPSA) is 86.8 Å². The number of rotatable bonds is 10. The van der Waals surface area contributed by atoms with Crippen molar-refractivity contribution >= 4 is 62.3 Å². The summed E-state index contributed by atoms with van der Waals surface area (Å²) in [5.74, 6) is -0.800. The van der Waals surface area contributed by atoms with Gasteiger partial charge in [-0.05, 0) is 61.6 Å². The van der Waals surface area contributed by atoms with Crippen molar-refractivity contribution in [3.8, 4) is 0 Å². The third-order valence-corrected chi connectivity index (χ3v) is 8.95. The van der Waals surface area contributed by atoms with Crippen molar-refractivity contribution < 1.29 is 18.0 Å². The second-order valence-corrected chi connectivity index (χ2v) is 12.9. The summed E-state index contributed by atoms with van der Waals surface area (Å²) < 4.78 is 26.5. The molecule has 2 aromatic rings. The van der Waals surface area contributed by atoms with Gasteiger partial charge >= 0.3 is 0 Å². The van der Waals surface area contributed by atoms with Crippen LogP contribution in [0.3, 0.4) is 0 Å². The number of carbonyl (C=O) groups is 2. The molecule has 0 radical (unpaired) electrons. The van der Waals surface area contributed by atoms with Gasteiger partial charge in [0.05, 0.1) is 11.9 Å². The summed E-state index contributed by atoms with van der Waals surface area (Å²) in [6, 6.07) is 8.97. The molecule has 1 fully saturated rings. The fourth-order valence-electron chi connectivity index (χ4n) is 4.65. The summed E-state index contributed by atoms with van der Waals surface area (Å²) >= 11 is 18.7. The molecule has 2 amide bonds. The first-order chi connectivity index (χ1) is 17.9. The molecule has 0 bridgehead atoms. The van der Waals surface area contributed by atoms with E-state index in [4.69, 9.17) is 34.8 Å². The largest absolute Gasteiger partial charge is 0.352 e. The highest BCUT2D eigenvalue weighted by Crippen LogP contribution is 2.27. The SMILES string of the molecule is CCC(C(=O)NC1CCCCC1)N(Cc1ccc(Cl)cc1Cl)C(=O)CN(c1ccc(C)c(Cl)c1)S(C)(=O)=O. The summed E-state index contributed by atoms with van der Waals surface area (Å²) in [5.41, 5.74) is 1.64. The van der Waals surface area contributed by atoms with Crippen molar-refractivity contribution in [1.82, 2.24) is 10.2 Å². The number of anilines is 1. The lowest BCUT2D eigenvalue weighted by Gasteiger charge is -2.34. The van der Waals surface area contributed by atoms with E-state index in [2.05, 4.69) is 5.32 Å². The van der Waals surface area contributed by atoms with Crippen LogP contribution < -0.4 is 9.62 Å². The second kappa shape index (κ2) is 13.4. The van der Waals surface area contributed by atoms with Crippen LogP contribution in [-0.4, -0.2) is 50.0 Å². The van der Waals surface area contributed by atoms with E-state index in [-0.39, 0.29) is 24.2 Å². The van der Waals surface area contributed by atoms with E-state index in [1.165, 1.54) is 11.0 Å². The molecule has 0 aromatic heterocycles. The highest BCUT2D eigenvalue weighted by atomic mass is 35.5. The monoisotopic (exact) mass is 601 g/mol. The lowest BCUT2D eigenvalue weighted by Crippen LogP contribution is -2.54. The third kappa shape index (κ3) is 8.01. The number of aryl methyl sites for hydroxylation is 1. The highest BCUT2D eigenvalue weighted by Gasteiger charge is 2.33. The van der Waals surface area contributed by atoms with Gasteiger partial charge in [0.1, 0.15) is 12.6 Å². The summed E-state index contributed by atoms with van der Waals surface area (Å²) in [6.07, 6.45) is 6.41. The molecular weight excluding hydrogens is 569 g/mol. The molecule has 0 saturated heterocycles. The highest BCUT2D eigenvalue weighted by molar-refractivity contribution is 7.92. The predicted octanol–water partition coefficient (Wildman–Crippen LogP) is 5.98. The first-order valence-corrected chi connectivity index (χ1v) is 15.7. The number of nitrogens with one attached hydrogen (secondary N) is 1. The molecule has 1 saturated carbocycles. The first kappa shape index (κ1) is 30.5. The molecule has 3 rings (SSSR count). The Labute approximate surface area is 240 Å². The average molecular weight is 603 g/mol. The Kier molecular flexibility index (Phi) is 10.7. The lowest BCUT2D eigenvalue weighted by molar-refractivity contribution is -0.140. The molecule has 0 spiro atoms. The van der Waals surface area contributed by atoms with Crippen molar-refractivity contribution in [2.75, 3.05) is 17.1 Å². The number of benzene rings is 2. The number of hydrogen-bond donors (Lipinski definition) is 1. The van der Waals surface area contributed by atoms with Crippen LogP contribution in [0.5, 0.6) is 0 Å². The van der Waals surface area contributed by atoms with Crippen molar-refractivity contribution in [3.05, 3.63) is 62.6 Å². The van der Waals surface area contributed by atoms with E-state index in [0.717, 1.165) is 48.2 Å². The van der Waals surface area contributed by atoms with E-state index in [9.17, 15) is 18.0 Å². The van der Waals surface area contributed by atoms with Crippen LogP contribution in [0.2, 0.25) is 15.1 Å². The van der Waals surface area contributed by atoms with Crippen LogP contribution >= 0.6 is 34.8 Å². The summed E-state index contributed by atoms with van der Waals surface area (Å²) in [6.45, 7) is 3.13. The number of halogens is 3. The summed E-state index contributed by atoms with van der Waals surface area (Å²) in [7, 11) is -3.86. The summed E-state index contributed by atoms with van der Waals surface area (Å²) in [4.78, 5) is 28.7. The smallest absolute Gasteiger partial charge is 0.244 e. The van der Waals surface area contributed by atoms with Crippen molar-refractivity contribution in [1.29, 1.82) is 0 Å². The zero-order chi connectivity index (χ0) is 28.0. The number of amides is 2. The van der Waals surface area contributed by atoms with Gasteiger partial charge in [-0.1, -0.05) is 73.1 Å². The number of carbonyl (C=O) groups excluding carboxylic acids is 2. The molecule has 0 aliphatic heterocycles. The van der Waals surface area contributed by atoms with Crippen molar-refractivity contribution in [2.45, 2.75) is 71.0 Å². The Hall–Kier alpha value is -2.00. The normalized spacial score (nSPS) is 15.1. The maximum absolute atomic E-state index is 13.8. The van der Waals surface area contributed by atoms with E-state index in [1.54, 1.807) is 37.3 Å². The van der Waals surface area contributed by atoms with Crippen LogP contribution in [0.15, 0.2) is 36.4 Å². The molecule has 0 heterocycles. The zero-order valence-corrected chi connectivity index (χ0v) is 24.9. The lowest BCUT2D eigenvalue weighted by atomic mass is 9.95. The van der Waals surface area contributed by atoms with Crippen LogP contribution in [0, 0.1) is 6.92 Å². The van der Waals surface area contributed by atoms with E-state index in [0.29, 0.717) is 27.1 Å². The summed E-state index contributed by atoms with van der Waals surface area (Å²) in [5, 5.41) is 4.28. The third-order valence-electron chi connectivity index (χ3n) is 6.82. The van der Waals surface area contributed by atoms with Gasteiger partial charge in [0.15, 0.2) is 0 Å². The molecule has 1 unspecified atom stereocenters. The zero-order valence-electron chi connectivity index (χ0n) is 21.8. The van der Waals surface area contributed by atoms with Crippen LogP contribution in [0.4, 0.5) is 5.69 Å². The van der Waals surface area contributed by atoms with Gasteiger partial charge in [-0.25, -0.2) is 8.42 Å². The average Bonchev–Trinajstić information content (AvgIpc) is 2.85. The minimum atomic E-state index is -3.86. The fraction of sp³-hybridized carbons (Fsp3) is 0.481. The fourth-order valence-corrected chi connectivity index (χ4v) is 6.13. The minimum Gasteiger partial charge on any atom is -0.352 e. The Bertz CT molecular complexity index is 1270. The molecule has 2 aromatic carbocycles. The van der Waals surface area contributed by atoms with Crippen LogP contribution in [0.1, 0.15) is 56.6 Å². The Morgan fingerprint density at radius 3 is 2.29 bits per heavy atom. The molecule has 7 nitrogen and oxygen atoms in total. The Balaban J connectivity index is 1.95. The van der Waals surface area contributed by atoms with Gasteiger partial charge in [0.25, 0.3) is 0 Å². The van der Waals surface area contributed by atoms with Crippen LogP contribution in [0.25, 0.3) is 0 Å². The van der Waals surface area contributed by atoms with Crippen LogP contribution in [-0.2, 0) is 26.2 Å². The van der Waals surface area contributed by atoms with E-state index >= 15 is 0 Å². The molecule has 1 N–H and O–H groups in total. The minimum absolute atomic E-state index is 0.0116. The van der Waals surface area contributed by atoms with Crippen molar-refractivity contribution in [2.24, 2.45) is 0 Å². The molecule has 1 atom stereocenters. The molecule has 1 aliphatic carbocycles. The Morgan fingerprint density at radius 1 is 1.03 bits per heavy atom. The van der Waals surface area contributed by atoms with Gasteiger partial charge in [-0.2, -0.15) is 0 Å². The van der Waals surface area contributed by atoms with Gasteiger partial charge < -0.3 is 10.2 Å². The molecule has 38 heavy (non-hydrogen) atoms. The standard InChI is InChI=1S/C27H34Cl3N3O4S/c1-4-25(27(35)31-21-8-6-5-7-9-21)32(16-19-11-12-20(28)14-24(19)30)26(34)17-33(38(3,36)37)22-13-10-18(2)23(29)15-22/h10-15,21,25H,4-9,16-17H2,1-3H3,(H,31,35). The van der Waals surface area contributed by atoms with Crippen molar-refractivity contribution in [3.63, 3.8) is 0 Å². The Morgan fingerprint density at radius 2 is 1.71 bits per heavy atom. The second-order valence-electron chi connectivity index (χ2n) is 9.73. The molecule has 208 valence electrons. The van der Waals surface area contributed by atoms with Gasteiger partial charge in [-0.15, -0.1) is 0 Å². The quantitative estimate of drug-likeness (QED) is 0.363. The van der Waals surface area contributed by atoms with E-state index < -0.39 is 28.5 Å². The number of sulfonamides is 1. The van der Waals surface area contributed by atoms with Gasteiger partial charge in [0.2, 0.25) is 21.8 Å². The van der Waals surface area contributed by atoms with E-state index in [1.807, 2.05) is 6.92 Å². The maximum Gasteiger partial charge on any atom is 0.244 e. The molecule has 11 heteroatoms. The van der Waals surface area contributed by atoms with Gasteiger partial charge in [-0.3, -0.25) is 13.9 Å². The predicted molar refractivity (Wildman–Crippen MR) is 154 cm³/mol. The maximum atomic E-state index is 13.8. The number of nitrogens with zero attached hydrogens (tertiary/aromatic N) is 2. The first-order valence-electron chi connectivity index (χ1n) is 12.7.